The molecule has 7 heteroatoms. The summed E-state index contributed by atoms with van der Waals surface area (Å²) in [6, 6.07) is 4.78. The number of rotatable bonds is 6. The minimum atomic E-state index is -3.29. The maximum Gasteiger partial charge on any atom is 0.211 e. The highest BCUT2D eigenvalue weighted by atomic mass is 32.2. The standard InChI is InChI=1S/C15H23FN2O3S/c1-2-9-22(20,21)17-11-12-3-4-15(14(16)10-12)18-7-5-13(19)6-8-18/h3-4,10,13,17,19H,2,5-9,11H2,1H3. The third-order valence-electron chi connectivity index (χ3n) is 3.79. The highest BCUT2D eigenvalue weighted by Gasteiger charge is 2.19. The average molecular weight is 330 g/mol. The van der Waals surface area contributed by atoms with Crippen LogP contribution in [0.4, 0.5) is 10.1 Å². The molecule has 0 bridgehead atoms. The first-order valence-corrected chi connectivity index (χ1v) is 9.25. The van der Waals surface area contributed by atoms with Gasteiger partial charge in [0.15, 0.2) is 0 Å². The Balaban J connectivity index is 2.00. The number of sulfonamides is 1. The molecule has 2 rings (SSSR count). The van der Waals surface area contributed by atoms with E-state index in [1.165, 1.54) is 6.07 Å². The lowest BCUT2D eigenvalue weighted by Gasteiger charge is -2.31. The van der Waals surface area contributed by atoms with Gasteiger partial charge in [-0.25, -0.2) is 17.5 Å². The molecule has 1 saturated heterocycles. The van der Waals surface area contributed by atoms with Crippen molar-refractivity contribution in [3.05, 3.63) is 29.6 Å². The third kappa shape index (κ3) is 4.66. The Morgan fingerprint density at radius 3 is 2.64 bits per heavy atom. The summed E-state index contributed by atoms with van der Waals surface area (Å²) in [6.45, 7) is 3.14. The summed E-state index contributed by atoms with van der Waals surface area (Å²) in [5, 5.41) is 9.49. The molecule has 1 aliphatic heterocycles. The average Bonchev–Trinajstić information content (AvgIpc) is 2.47. The van der Waals surface area contributed by atoms with Crippen LogP contribution in [0.1, 0.15) is 31.7 Å². The van der Waals surface area contributed by atoms with Gasteiger partial charge < -0.3 is 10.0 Å². The van der Waals surface area contributed by atoms with Crippen molar-refractivity contribution < 1.29 is 17.9 Å². The lowest BCUT2D eigenvalue weighted by molar-refractivity contribution is 0.145. The number of hydrogen-bond acceptors (Lipinski definition) is 4. The summed E-state index contributed by atoms with van der Waals surface area (Å²) in [6.07, 6.45) is 1.52. The molecule has 1 aromatic carbocycles. The zero-order valence-electron chi connectivity index (χ0n) is 12.8. The SMILES string of the molecule is CCCS(=O)(=O)NCc1ccc(N2CCC(O)CC2)c(F)c1. The number of nitrogens with zero attached hydrogens (tertiary/aromatic N) is 1. The smallest absolute Gasteiger partial charge is 0.211 e. The summed E-state index contributed by atoms with van der Waals surface area (Å²) >= 11 is 0. The predicted molar refractivity (Wildman–Crippen MR) is 84.8 cm³/mol. The topological polar surface area (TPSA) is 69.6 Å². The quantitative estimate of drug-likeness (QED) is 0.831. The first-order valence-electron chi connectivity index (χ1n) is 7.60. The molecule has 1 fully saturated rings. The van der Waals surface area contributed by atoms with Crippen LogP contribution in [0, 0.1) is 5.82 Å². The Hall–Kier alpha value is -1.18. The van der Waals surface area contributed by atoms with Crippen LogP contribution in [0.25, 0.3) is 0 Å². The monoisotopic (exact) mass is 330 g/mol. The van der Waals surface area contributed by atoms with E-state index in [2.05, 4.69) is 4.72 Å². The highest BCUT2D eigenvalue weighted by Crippen LogP contribution is 2.24. The Labute approximate surface area is 131 Å². The van der Waals surface area contributed by atoms with Crippen LogP contribution in [0.2, 0.25) is 0 Å². The second kappa shape index (κ2) is 7.39. The Morgan fingerprint density at radius 2 is 2.05 bits per heavy atom. The van der Waals surface area contributed by atoms with Crippen LogP contribution in [0.5, 0.6) is 0 Å². The third-order valence-corrected chi connectivity index (χ3v) is 5.32. The van der Waals surface area contributed by atoms with Gasteiger partial charge in [0.25, 0.3) is 0 Å². The molecule has 5 nitrogen and oxygen atoms in total. The van der Waals surface area contributed by atoms with Crippen molar-refractivity contribution in [2.45, 2.75) is 38.8 Å². The molecule has 0 aliphatic carbocycles. The van der Waals surface area contributed by atoms with Gasteiger partial charge >= 0.3 is 0 Å². The molecule has 1 heterocycles. The summed E-state index contributed by atoms with van der Waals surface area (Å²) in [5.74, 6) is -0.285. The van der Waals surface area contributed by atoms with Crippen molar-refractivity contribution in [1.29, 1.82) is 0 Å². The minimum absolute atomic E-state index is 0.0731. The zero-order valence-corrected chi connectivity index (χ0v) is 13.6. The summed E-state index contributed by atoms with van der Waals surface area (Å²) in [4.78, 5) is 1.91. The van der Waals surface area contributed by atoms with Crippen LogP contribution in [0.3, 0.4) is 0 Å². The van der Waals surface area contributed by atoms with Crippen molar-refractivity contribution in [3.63, 3.8) is 0 Å². The molecular weight excluding hydrogens is 307 g/mol. The van der Waals surface area contributed by atoms with Crippen LogP contribution >= 0.6 is 0 Å². The Kier molecular flexibility index (Phi) is 5.77. The number of nitrogens with one attached hydrogen (secondary N) is 1. The normalized spacial score (nSPS) is 17.0. The maximum atomic E-state index is 14.2. The van der Waals surface area contributed by atoms with E-state index in [4.69, 9.17) is 0 Å². The molecule has 1 aliphatic rings. The fourth-order valence-electron chi connectivity index (χ4n) is 2.56. The summed E-state index contributed by atoms with van der Waals surface area (Å²) in [7, 11) is -3.29. The van der Waals surface area contributed by atoms with Gasteiger partial charge in [-0.2, -0.15) is 0 Å². The summed E-state index contributed by atoms with van der Waals surface area (Å²) < 4.78 is 39.9. The first kappa shape index (κ1) is 17.2. The van der Waals surface area contributed by atoms with E-state index >= 15 is 0 Å². The molecule has 0 unspecified atom stereocenters. The minimum Gasteiger partial charge on any atom is -0.393 e. The van der Waals surface area contributed by atoms with Crippen LogP contribution < -0.4 is 9.62 Å². The van der Waals surface area contributed by atoms with Crippen LogP contribution in [-0.2, 0) is 16.6 Å². The number of aliphatic hydroxyl groups is 1. The molecule has 0 amide bonds. The van der Waals surface area contributed by atoms with Gasteiger partial charge in [-0.1, -0.05) is 13.0 Å². The van der Waals surface area contributed by atoms with Crippen molar-refractivity contribution in [1.82, 2.24) is 4.72 Å². The van der Waals surface area contributed by atoms with E-state index < -0.39 is 10.0 Å². The molecule has 0 atom stereocenters. The van der Waals surface area contributed by atoms with E-state index in [0.29, 0.717) is 43.6 Å². The lowest BCUT2D eigenvalue weighted by atomic mass is 10.1. The largest absolute Gasteiger partial charge is 0.393 e. The van der Waals surface area contributed by atoms with Crippen molar-refractivity contribution >= 4 is 15.7 Å². The van der Waals surface area contributed by atoms with Gasteiger partial charge in [0.05, 0.1) is 17.5 Å². The number of benzene rings is 1. The highest BCUT2D eigenvalue weighted by molar-refractivity contribution is 7.89. The van der Waals surface area contributed by atoms with Gasteiger partial charge in [0, 0.05) is 19.6 Å². The molecule has 0 spiro atoms. The molecule has 1 aromatic rings. The number of piperidine rings is 1. The Bertz CT molecular complexity index is 599. The van der Waals surface area contributed by atoms with Gasteiger partial charge in [-0.15, -0.1) is 0 Å². The number of hydrogen-bond donors (Lipinski definition) is 2. The van der Waals surface area contributed by atoms with Crippen LogP contribution in [-0.4, -0.2) is 38.5 Å². The molecule has 124 valence electrons. The van der Waals surface area contributed by atoms with Gasteiger partial charge in [0.1, 0.15) is 5.82 Å². The number of halogens is 1. The first-order chi connectivity index (χ1) is 10.4. The number of aliphatic hydroxyl groups excluding tert-OH is 1. The van der Waals surface area contributed by atoms with Crippen LogP contribution in [0.15, 0.2) is 18.2 Å². The maximum absolute atomic E-state index is 14.2. The fourth-order valence-corrected chi connectivity index (χ4v) is 3.63. The second-order valence-electron chi connectivity index (χ2n) is 5.64. The van der Waals surface area contributed by atoms with E-state index in [1.54, 1.807) is 19.1 Å². The van der Waals surface area contributed by atoms with E-state index in [1.807, 2.05) is 4.90 Å². The van der Waals surface area contributed by atoms with E-state index in [9.17, 15) is 17.9 Å². The summed E-state index contributed by atoms with van der Waals surface area (Å²) in [5.41, 5.74) is 1.10. The van der Waals surface area contributed by atoms with Gasteiger partial charge in [0.2, 0.25) is 10.0 Å². The molecular formula is C15H23FN2O3S. The Morgan fingerprint density at radius 1 is 1.36 bits per heavy atom. The van der Waals surface area contributed by atoms with Gasteiger partial charge in [-0.3, -0.25) is 0 Å². The molecule has 0 radical (unpaired) electrons. The van der Waals surface area contributed by atoms with Crippen molar-refractivity contribution in [3.8, 4) is 0 Å². The molecule has 0 saturated carbocycles. The fraction of sp³-hybridized carbons (Fsp3) is 0.600. The van der Waals surface area contributed by atoms with E-state index in [-0.39, 0.29) is 24.2 Å². The second-order valence-corrected chi connectivity index (χ2v) is 7.57. The van der Waals surface area contributed by atoms with Gasteiger partial charge in [-0.05, 0) is 37.0 Å². The number of anilines is 1. The molecule has 2 N–H and O–H groups in total. The molecule has 0 aromatic heterocycles. The molecule has 22 heavy (non-hydrogen) atoms. The zero-order chi connectivity index (χ0) is 16.2. The predicted octanol–water partition coefficient (Wildman–Crippen LogP) is 1.62. The van der Waals surface area contributed by atoms with Crippen molar-refractivity contribution in [2.75, 3.05) is 23.7 Å². The van der Waals surface area contributed by atoms with E-state index in [0.717, 1.165) is 0 Å². The van der Waals surface area contributed by atoms with Crippen molar-refractivity contribution in [2.24, 2.45) is 0 Å². The lowest BCUT2D eigenvalue weighted by Crippen LogP contribution is -2.36.